The van der Waals surface area contributed by atoms with E-state index in [0.717, 1.165) is 53.0 Å². The molecule has 0 bridgehead atoms. The maximum atomic E-state index is 13.9. The molecular formula is C30H29F2NO3S. The number of carbonyl (C=O) groups excluding carboxylic acids is 1. The molecule has 0 amide bonds. The topological polar surface area (TPSA) is 49.8 Å². The molecule has 4 nitrogen and oxygen atoms in total. The highest BCUT2D eigenvalue weighted by Crippen LogP contribution is 2.42. The van der Waals surface area contributed by atoms with Crippen LogP contribution >= 0.6 is 11.3 Å². The molecule has 1 aliphatic rings. The van der Waals surface area contributed by atoms with Gasteiger partial charge in [-0.05, 0) is 85.8 Å². The Bertz CT molecular complexity index is 1420. The van der Waals surface area contributed by atoms with Gasteiger partial charge in [0.1, 0.15) is 23.4 Å². The van der Waals surface area contributed by atoms with Gasteiger partial charge in [0.2, 0.25) is 5.78 Å². The molecule has 1 aromatic heterocycles. The van der Waals surface area contributed by atoms with Crippen LogP contribution in [-0.4, -0.2) is 48.2 Å². The van der Waals surface area contributed by atoms with E-state index in [-0.39, 0.29) is 30.1 Å². The molecule has 1 fully saturated rings. The number of phenolic OH excluding ortho intramolecular Hbond substituents is 1. The highest BCUT2D eigenvalue weighted by Gasteiger charge is 2.25. The first-order valence-electron chi connectivity index (χ1n) is 12.5. The summed E-state index contributed by atoms with van der Waals surface area (Å²) in [5.41, 5.74) is 3.33. The number of aromatic hydroxyl groups is 1. The summed E-state index contributed by atoms with van der Waals surface area (Å²) in [5.74, 6) is 0.354. The number of likely N-dealkylation sites (tertiary alicyclic amines) is 1. The van der Waals surface area contributed by atoms with Crippen molar-refractivity contribution < 1.29 is 23.4 Å². The Kier molecular flexibility index (Phi) is 7.26. The number of ketones is 1. The molecule has 1 N–H and O–H groups in total. The Hall–Kier alpha value is -3.29. The third-order valence-electron chi connectivity index (χ3n) is 6.89. The lowest BCUT2D eigenvalue weighted by Crippen LogP contribution is -2.26. The number of nitrogens with zero attached hydrogens (tertiary/aromatic N) is 1. The van der Waals surface area contributed by atoms with Gasteiger partial charge in [-0.15, -0.1) is 11.3 Å². The maximum absolute atomic E-state index is 13.9. The number of benzene rings is 3. The van der Waals surface area contributed by atoms with Crippen LogP contribution in [0.25, 0.3) is 21.2 Å². The van der Waals surface area contributed by atoms with Crippen LogP contribution in [0.4, 0.5) is 8.78 Å². The molecule has 5 rings (SSSR count). The first kappa shape index (κ1) is 25.4. The van der Waals surface area contributed by atoms with Gasteiger partial charge >= 0.3 is 0 Å². The van der Waals surface area contributed by atoms with Crippen molar-refractivity contribution in [1.29, 1.82) is 0 Å². The second-order valence-electron chi connectivity index (χ2n) is 9.63. The number of fused-ring (bicyclic) bond motifs is 1. The molecule has 1 aliphatic heterocycles. The van der Waals surface area contributed by atoms with Crippen LogP contribution in [0.15, 0.2) is 54.6 Å². The Morgan fingerprint density at radius 2 is 1.84 bits per heavy atom. The Balaban J connectivity index is 1.48. The van der Waals surface area contributed by atoms with Gasteiger partial charge in [0.25, 0.3) is 0 Å². The van der Waals surface area contributed by atoms with E-state index >= 15 is 0 Å². The summed E-state index contributed by atoms with van der Waals surface area (Å²) in [6.07, 6.45) is 1.52. The van der Waals surface area contributed by atoms with Crippen molar-refractivity contribution >= 4 is 27.2 Å². The highest BCUT2D eigenvalue weighted by molar-refractivity contribution is 7.21. The van der Waals surface area contributed by atoms with Crippen LogP contribution in [0, 0.1) is 19.7 Å². The fourth-order valence-electron chi connectivity index (χ4n) is 5.19. The summed E-state index contributed by atoms with van der Waals surface area (Å²) >= 11 is 1.33. The molecule has 192 valence electrons. The predicted octanol–water partition coefficient (Wildman–Crippen LogP) is 7.07. The first-order chi connectivity index (χ1) is 17.8. The van der Waals surface area contributed by atoms with Crippen LogP contribution in [0.3, 0.4) is 0 Å². The van der Waals surface area contributed by atoms with Crippen molar-refractivity contribution in [2.75, 3.05) is 26.3 Å². The zero-order chi connectivity index (χ0) is 26.1. The average Bonchev–Trinajstić information content (AvgIpc) is 3.46. The quantitative estimate of drug-likeness (QED) is 0.252. The molecule has 2 heterocycles. The summed E-state index contributed by atoms with van der Waals surface area (Å²) in [4.78, 5) is 16.6. The fraction of sp³-hybridized carbons (Fsp3) is 0.300. The van der Waals surface area contributed by atoms with Crippen molar-refractivity contribution in [3.05, 3.63) is 82.0 Å². The molecule has 7 heteroatoms. The Labute approximate surface area is 219 Å². The van der Waals surface area contributed by atoms with Crippen LogP contribution in [0.1, 0.15) is 39.2 Å². The van der Waals surface area contributed by atoms with Crippen LogP contribution in [-0.2, 0) is 0 Å². The van der Waals surface area contributed by atoms with Crippen molar-refractivity contribution in [2.24, 2.45) is 0 Å². The number of phenols is 1. The molecule has 1 saturated heterocycles. The standard InChI is InChI=1S/C30H29F2NO3S/c1-18-14-21(32)15-19(2)27(18)29(35)30-28(25-9-6-22(34)16-26(25)37-30)20-4-7-23(8-5-20)36-24-10-13-33(17-24)12-3-11-31/h4-9,14-16,24,34H,3,10-13,17H2,1-2H3/t24-/m0/s1. The minimum absolute atomic E-state index is 0.0666. The fourth-order valence-corrected chi connectivity index (χ4v) is 6.39. The summed E-state index contributed by atoms with van der Waals surface area (Å²) in [7, 11) is 0. The number of rotatable bonds is 8. The summed E-state index contributed by atoms with van der Waals surface area (Å²) in [6, 6.07) is 15.6. The molecule has 0 aliphatic carbocycles. The third kappa shape index (κ3) is 5.24. The van der Waals surface area contributed by atoms with E-state index in [1.54, 1.807) is 26.0 Å². The predicted molar refractivity (Wildman–Crippen MR) is 144 cm³/mol. The van der Waals surface area contributed by atoms with Gasteiger partial charge in [-0.1, -0.05) is 12.1 Å². The molecular weight excluding hydrogens is 492 g/mol. The summed E-state index contributed by atoms with van der Waals surface area (Å²) in [5, 5.41) is 10.9. The number of thiophene rings is 1. The second kappa shape index (κ2) is 10.6. The van der Waals surface area contributed by atoms with Crippen molar-refractivity contribution in [1.82, 2.24) is 4.90 Å². The van der Waals surface area contributed by atoms with Gasteiger partial charge in [0.05, 0.1) is 11.6 Å². The van der Waals surface area contributed by atoms with Gasteiger partial charge < -0.3 is 9.84 Å². The highest BCUT2D eigenvalue weighted by atomic mass is 32.1. The summed E-state index contributed by atoms with van der Waals surface area (Å²) < 4.78 is 33.4. The maximum Gasteiger partial charge on any atom is 0.204 e. The largest absolute Gasteiger partial charge is 0.508 e. The van der Waals surface area contributed by atoms with Crippen molar-refractivity contribution in [2.45, 2.75) is 32.8 Å². The van der Waals surface area contributed by atoms with E-state index < -0.39 is 0 Å². The first-order valence-corrected chi connectivity index (χ1v) is 13.3. The minimum atomic E-state index is -0.364. The van der Waals surface area contributed by atoms with E-state index in [4.69, 9.17) is 4.74 Å². The number of aryl methyl sites for hydroxylation is 2. The molecule has 0 saturated carbocycles. The summed E-state index contributed by atoms with van der Waals surface area (Å²) in [6.45, 7) is 5.64. The minimum Gasteiger partial charge on any atom is -0.508 e. The SMILES string of the molecule is Cc1cc(F)cc(C)c1C(=O)c1sc2cc(O)ccc2c1-c1ccc(O[C@H]2CCN(CCCF)C2)cc1. The number of alkyl halides is 1. The lowest BCUT2D eigenvalue weighted by atomic mass is 9.94. The second-order valence-corrected chi connectivity index (χ2v) is 10.7. The normalized spacial score (nSPS) is 15.9. The number of ether oxygens (including phenoxy) is 1. The zero-order valence-corrected chi connectivity index (χ0v) is 21.7. The van der Waals surface area contributed by atoms with Crippen molar-refractivity contribution in [3.8, 4) is 22.6 Å². The molecule has 3 aromatic carbocycles. The van der Waals surface area contributed by atoms with E-state index in [0.29, 0.717) is 28.0 Å². The van der Waals surface area contributed by atoms with Gasteiger partial charge in [0, 0.05) is 40.8 Å². The van der Waals surface area contributed by atoms with Crippen LogP contribution in [0.5, 0.6) is 11.5 Å². The van der Waals surface area contributed by atoms with E-state index in [9.17, 15) is 18.7 Å². The van der Waals surface area contributed by atoms with Gasteiger partial charge in [-0.25, -0.2) is 4.39 Å². The van der Waals surface area contributed by atoms with Gasteiger partial charge in [-0.3, -0.25) is 14.1 Å². The molecule has 0 radical (unpaired) electrons. The smallest absolute Gasteiger partial charge is 0.204 e. The average molecular weight is 522 g/mol. The van der Waals surface area contributed by atoms with E-state index in [1.807, 2.05) is 30.3 Å². The Morgan fingerprint density at radius 1 is 1.11 bits per heavy atom. The van der Waals surface area contributed by atoms with Gasteiger partial charge in [-0.2, -0.15) is 0 Å². The van der Waals surface area contributed by atoms with Crippen LogP contribution < -0.4 is 4.74 Å². The van der Waals surface area contributed by atoms with Gasteiger partial charge in [0.15, 0.2) is 0 Å². The number of halogens is 2. The lowest BCUT2D eigenvalue weighted by Gasteiger charge is -2.16. The third-order valence-corrected chi connectivity index (χ3v) is 8.04. The zero-order valence-electron chi connectivity index (χ0n) is 20.9. The molecule has 0 unspecified atom stereocenters. The lowest BCUT2D eigenvalue weighted by molar-refractivity contribution is 0.104. The number of carbonyl (C=O) groups is 1. The molecule has 0 spiro atoms. The van der Waals surface area contributed by atoms with E-state index in [2.05, 4.69) is 4.90 Å². The molecule has 1 atom stereocenters. The van der Waals surface area contributed by atoms with Crippen molar-refractivity contribution in [3.63, 3.8) is 0 Å². The van der Waals surface area contributed by atoms with Crippen LogP contribution in [0.2, 0.25) is 0 Å². The van der Waals surface area contributed by atoms with E-state index in [1.165, 1.54) is 23.5 Å². The number of hydrogen-bond donors (Lipinski definition) is 1. The molecule has 37 heavy (non-hydrogen) atoms. The Morgan fingerprint density at radius 3 is 2.54 bits per heavy atom. The molecule has 4 aromatic rings. The number of hydrogen-bond acceptors (Lipinski definition) is 5. The monoisotopic (exact) mass is 521 g/mol.